The van der Waals surface area contributed by atoms with Crippen molar-refractivity contribution in [3.63, 3.8) is 0 Å². The summed E-state index contributed by atoms with van der Waals surface area (Å²) in [5, 5.41) is 2.77. The maximum absolute atomic E-state index is 12.0. The van der Waals surface area contributed by atoms with Crippen LogP contribution in [0, 0.1) is 0 Å². The van der Waals surface area contributed by atoms with Crippen molar-refractivity contribution in [2.24, 2.45) is 0 Å². The molecule has 1 heterocycles. The highest BCUT2D eigenvalue weighted by Crippen LogP contribution is 2.32. The van der Waals surface area contributed by atoms with E-state index in [1.165, 1.54) is 0 Å². The highest BCUT2D eigenvalue weighted by molar-refractivity contribution is 7.88. The number of amides is 1. The Morgan fingerprint density at radius 1 is 1.35 bits per heavy atom. The van der Waals surface area contributed by atoms with Gasteiger partial charge in [-0.1, -0.05) is 13.0 Å². The average Bonchev–Trinajstić information content (AvgIpc) is 2.92. The number of sulfonamides is 1. The van der Waals surface area contributed by atoms with Gasteiger partial charge in [0.15, 0.2) is 11.5 Å². The Hall–Kier alpha value is -1.80. The lowest BCUT2D eigenvalue weighted by atomic mass is 10.2. The summed E-state index contributed by atoms with van der Waals surface area (Å²) in [7, 11) is -3.51. The molecule has 1 aromatic carbocycles. The molecular weight excluding hydrogens is 320 g/mol. The number of benzene rings is 1. The predicted octanol–water partition coefficient (Wildman–Crippen LogP) is 1.09. The molecule has 0 bridgehead atoms. The summed E-state index contributed by atoms with van der Waals surface area (Å²) >= 11 is 0. The topological polar surface area (TPSA) is 84.9 Å². The van der Waals surface area contributed by atoms with Crippen molar-refractivity contribution in [2.45, 2.75) is 32.9 Å². The largest absolute Gasteiger partial charge is 0.454 e. The smallest absolute Gasteiger partial charge is 0.235 e. The van der Waals surface area contributed by atoms with E-state index in [0.29, 0.717) is 11.5 Å². The molecule has 7 nitrogen and oxygen atoms in total. The summed E-state index contributed by atoms with van der Waals surface area (Å²) in [4.78, 5) is 12.0. The van der Waals surface area contributed by atoms with Crippen LogP contribution in [0.25, 0.3) is 0 Å². The molecule has 0 aliphatic carbocycles. The zero-order valence-corrected chi connectivity index (χ0v) is 14.4. The third-order valence-electron chi connectivity index (χ3n) is 3.60. The van der Waals surface area contributed by atoms with Crippen LogP contribution in [0.4, 0.5) is 0 Å². The number of hydrogen-bond acceptors (Lipinski definition) is 5. The molecule has 0 spiro atoms. The summed E-state index contributed by atoms with van der Waals surface area (Å²) in [5.41, 5.74) is 0.732. The van der Waals surface area contributed by atoms with E-state index >= 15 is 0 Å². The average molecular weight is 342 g/mol. The third-order valence-corrected chi connectivity index (χ3v) is 4.80. The Labute approximate surface area is 136 Å². The third kappa shape index (κ3) is 4.84. The van der Waals surface area contributed by atoms with Gasteiger partial charge in [0.05, 0.1) is 12.8 Å². The van der Waals surface area contributed by atoms with Crippen LogP contribution in [0.3, 0.4) is 0 Å². The highest BCUT2D eigenvalue weighted by Gasteiger charge is 2.22. The van der Waals surface area contributed by atoms with E-state index < -0.39 is 10.0 Å². The Kier molecular flexibility index (Phi) is 5.48. The van der Waals surface area contributed by atoms with Crippen molar-refractivity contribution < 1.29 is 22.7 Å². The van der Waals surface area contributed by atoms with E-state index in [1.54, 1.807) is 18.2 Å². The second-order valence-corrected chi connectivity index (χ2v) is 7.58. The second kappa shape index (κ2) is 7.18. The number of carbonyl (C=O) groups is 1. The zero-order valence-electron chi connectivity index (χ0n) is 13.5. The van der Waals surface area contributed by atoms with E-state index in [1.807, 2.05) is 13.8 Å². The molecule has 23 heavy (non-hydrogen) atoms. The maximum Gasteiger partial charge on any atom is 0.235 e. The summed E-state index contributed by atoms with van der Waals surface area (Å²) in [6.07, 6.45) is 1.88. The maximum atomic E-state index is 12.0. The van der Waals surface area contributed by atoms with E-state index in [2.05, 4.69) is 5.32 Å². The van der Waals surface area contributed by atoms with Gasteiger partial charge < -0.3 is 14.8 Å². The molecular formula is C15H22N2O5S. The lowest BCUT2D eigenvalue weighted by molar-refractivity contribution is -0.122. The molecule has 0 saturated heterocycles. The molecule has 1 N–H and O–H groups in total. The molecule has 1 aliphatic heterocycles. The fourth-order valence-electron chi connectivity index (χ4n) is 2.12. The summed E-state index contributed by atoms with van der Waals surface area (Å²) < 4.78 is 35.6. The van der Waals surface area contributed by atoms with E-state index in [4.69, 9.17) is 9.47 Å². The lowest BCUT2D eigenvalue weighted by Gasteiger charge is -2.21. The van der Waals surface area contributed by atoms with Crippen molar-refractivity contribution in [3.05, 3.63) is 23.8 Å². The quantitative estimate of drug-likeness (QED) is 0.802. The lowest BCUT2D eigenvalue weighted by Crippen LogP contribution is -2.42. The van der Waals surface area contributed by atoms with Crippen LogP contribution in [0.15, 0.2) is 18.2 Å². The van der Waals surface area contributed by atoms with Gasteiger partial charge in [-0.05, 0) is 31.0 Å². The van der Waals surface area contributed by atoms with Gasteiger partial charge in [-0.2, -0.15) is 4.31 Å². The van der Waals surface area contributed by atoms with Gasteiger partial charge in [-0.25, -0.2) is 8.42 Å². The molecule has 0 saturated carbocycles. The van der Waals surface area contributed by atoms with Gasteiger partial charge in [-0.3, -0.25) is 4.79 Å². The number of fused-ring (bicyclic) bond motifs is 1. The van der Waals surface area contributed by atoms with Crippen molar-refractivity contribution in [1.82, 2.24) is 9.62 Å². The summed E-state index contributed by atoms with van der Waals surface area (Å²) in [6.45, 7) is 3.87. The van der Waals surface area contributed by atoms with Crippen LogP contribution < -0.4 is 14.8 Å². The Morgan fingerprint density at radius 3 is 2.70 bits per heavy atom. The van der Waals surface area contributed by atoms with Crippen LogP contribution in [0.2, 0.25) is 0 Å². The van der Waals surface area contributed by atoms with Crippen LogP contribution in [0.5, 0.6) is 11.5 Å². The number of rotatable bonds is 7. The van der Waals surface area contributed by atoms with Gasteiger partial charge >= 0.3 is 0 Å². The standard InChI is InChI=1S/C15H22N2O5S/c1-4-11(2)16-15(18)9-17(23(3,19)20)8-12-5-6-13-14(7-12)22-10-21-13/h5-7,11H,4,8-10H2,1-3H3,(H,16,18). The molecule has 2 rings (SSSR count). The van der Waals surface area contributed by atoms with Gasteiger partial charge in [0.25, 0.3) is 0 Å². The first-order chi connectivity index (χ1) is 10.8. The summed E-state index contributed by atoms with van der Waals surface area (Å²) in [5.74, 6) is 0.902. The molecule has 8 heteroatoms. The molecule has 0 fully saturated rings. The molecule has 1 unspecified atom stereocenters. The molecule has 1 atom stereocenters. The number of carbonyl (C=O) groups excluding carboxylic acids is 1. The first-order valence-corrected chi connectivity index (χ1v) is 9.27. The van der Waals surface area contributed by atoms with Crippen molar-refractivity contribution in [3.8, 4) is 11.5 Å². The van der Waals surface area contributed by atoms with Gasteiger partial charge in [-0.15, -0.1) is 0 Å². The molecule has 0 radical (unpaired) electrons. The minimum Gasteiger partial charge on any atom is -0.454 e. The van der Waals surface area contributed by atoms with Crippen LogP contribution in [0.1, 0.15) is 25.8 Å². The second-order valence-electron chi connectivity index (χ2n) is 5.60. The molecule has 1 amide bonds. The van der Waals surface area contributed by atoms with Gasteiger partial charge in [0.2, 0.25) is 22.7 Å². The highest BCUT2D eigenvalue weighted by atomic mass is 32.2. The summed E-state index contributed by atoms with van der Waals surface area (Å²) in [6, 6.07) is 5.23. The number of nitrogens with zero attached hydrogens (tertiary/aromatic N) is 1. The van der Waals surface area contributed by atoms with Crippen molar-refractivity contribution in [1.29, 1.82) is 0 Å². The Balaban J connectivity index is 2.09. The Morgan fingerprint density at radius 2 is 2.04 bits per heavy atom. The van der Waals surface area contributed by atoms with E-state index in [-0.39, 0.29) is 31.8 Å². The minimum absolute atomic E-state index is 0.00875. The molecule has 128 valence electrons. The van der Waals surface area contributed by atoms with Gasteiger partial charge in [0, 0.05) is 12.6 Å². The number of ether oxygens (including phenoxy) is 2. The number of hydrogen-bond donors (Lipinski definition) is 1. The minimum atomic E-state index is -3.51. The van der Waals surface area contributed by atoms with Crippen LogP contribution in [-0.4, -0.2) is 44.3 Å². The monoisotopic (exact) mass is 342 g/mol. The van der Waals surface area contributed by atoms with Crippen LogP contribution in [-0.2, 0) is 21.4 Å². The SMILES string of the molecule is CCC(C)NC(=O)CN(Cc1ccc2c(c1)OCO2)S(C)(=O)=O. The molecule has 1 aromatic rings. The number of nitrogens with one attached hydrogen (secondary N) is 1. The first-order valence-electron chi connectivity index (χ1n) is 7.42. The Bertz CT molecular complexity index is 674. The van der Waals surface area contributed by atoms with Gasteiger partial charge in [0.1, 0.15) is 0 Å². The zero-order chi connectivity index (χ0) is 17.0. The fourth-order valence-corrected chi connectivity index (χ4v) is 2.85. The fraction of sp³-hybridized carbons (Fsp3) is 0.533. The molecule has 0 aromatic heterocycles. The van der Waals surface area contributed by atoms with E-state index in [9.17, 15) is 13.2 Å². The van der Waals surface area contributed by atoms with Crippen molar-refractivity contribution in [2.75, 3.05) is 19.6 Å². The molecule has 1 aliphatic rings. The van der Waals surface area contributed by atoms with E-state index in [0.717, 1.165) is 22.5 Å². The first kappa shape index (κ1) is 17.6. The normalized spacial score (nSPS) is 14.8. The van der Waals surface area contributed by atoms with Crippen molar-refractivity contribution >= 4 is 15.9 Å². The van der Waals surface area contributed by atoms with Crippen LogP contribution >= 0.6 is 0 Å². The predicted molar refractivity (Wildman–Crippen MR) is 85.7 cm³/mol.